The number of amides is 2. The smallest absolute Gasteiger partial charge is 0.248 e. The minimum Gasteiger partial charge on any atom is -0.325 e. The van der Waals surface area contributed by atoms with Crippen molar-refractivity contribution in [1.29, 1.82) is 0 Å². The Labute approximate surface area is 177 Å². The Morgan fingerprint density at radius 1 is 1.24 bits per heavy atom. The molecule has 0 bridgehead atoms. The summed E-state index contributed by atoms with van der Waals surface area (Å²) in [5.41, 5.74) is 1.07. The molecule has 1 aromatic heterocycles. The Hall–Kier alpha value is -2.38. The van der Waals surface area contributed by atoms with Crippen molar-refractivity contribution in [2.45, 2.75) is 38.6 Å². The van der Waals surface area contributed by atoms with E-state index in [9.17, 15) is 9.59 Å². The summed E-state index contributed by atoms with van der Waals surface area (Å²) in [6.07, 6.45) is 7.77. The van der Waals surface area contributed by atoms with Crippen LogP contribution in [0.5, 0.6) is 0 Å². The predicted molar refractivity (Wildman–Crippen MR) is 115 cm³/mol. The van der Waals surface area contributed by atoms with Crippen molar-refractivity contribution in [3.63, 3.8) is 0 Å². The van der Waals surface area contributed by atoms with E-state index < -0.39 is 6.04 Å². The van der Waals surface area contributed by atoms with Crippen LogP contribution in [0.3, 0.4) is 0 Å². The average Bonchev–Trinajstić information content (AvgIpc) is 3.38. The highest BCUT2D eigenvalue weighted by atomic mass is 35.5. The van der Waals surface area contributed by atoms with Crippen LogP contribution in [0.4, 0.5) is 11.4 Å². The number of halogens is 1. The van der Waals surface area contributed by atoms with Crippen molar-refractivity contribution >= 4 is 35.6 Å². The third-order valence-corrected chi connectivity index (χ3v) is 6.18. The molecule has 8 heteroatoms. The lowest BCUT2D eigenvalue weighted by atomic mass is 9.67. The zero-order valence-electron chi connectivity index (χ0n) is 16.6. The molecule has 0 spiro atoms. The second kappa shape index (κ2) is 8.97. The Kier molecular flexibility index (Phi) is 6.59. The first-order valence-corrected chi connectivity index (χ1v) is 10.0. The highest BCUT2D eigenvalue weighted by Gasteiger charge is 2.49. The number of fused-ring (bicyclic) bond motifs is 1. The van der Waals surface area contributed by atoms with Crippen molar-refractivity contribution < 1.29 is 9.59 Å². The van der Waals surface area contributed by atoms with Crippen LogP contribution in [0.1, 0.15) is 38.6 Å². The van der Waals surface area contributed by atoms with Crippen molar-refractivity contribution in [3.8, 4) is 0 Å². The van der Waals surface area contributed by atoms with Crippen molar-refractivity contribution in [2.24, 2.45) is 11.3 Å². The molecule has 1 saturated heterocycles. The minimum absolute atomic E-state index is 0. The highest BCUT2D eigenvalue weighted by Crippen LogP contribution is 2.44. The Morgan fingerprint density at radius 2 is 2.03 bits per heavy atom. The number of nitrogens with zero attached hydrogens (tertiary/aromatic N) is 2. The van der Waals surface area contributed by atoms with Crippen LogP contribution in [-0.2, 0) is 9.59 Å². The maximum atomic E-state index is 13.1. The fourth-order valence-electron chi connectivity index (χ4n) is 4.50. The van der Waals surface area contributed by atoms with Gasteiger partial charge in [0.05, 0.1) is 5.41 Å². The molecule has 3 N–H and O–H groups in total. The molecule has 2 aromatic rings. The first kappa shape index (κ1) is 21.3. The van der Waals surface area contributed by atoms with Crippen LogP contribution in [0.25, 0.3) is 0 Å². The monoisotopic (exact) mass is 417 g/mol. The fourth-order valence-corrected chi connectivity index (χ4v) is 4.50. The van der Waals surface area contributed by atoms with E-state index in [0.717, 1.165) is 32.4 Å². The maximum absolute atomic E-state index is 13.1. The molecule has 1 unspecified atom stereocenters. The van der Waals surface area contributed by atoms with Gasteiger partial charge < -0.3 is 16.0 Å². The van der Waals surface area contributed by atoms with E-state index in [0.29, 0.717) is 17.3 Å². The Balaban J connectivity index is 0.00000240. The van der Waals surface area contributed by atoms with Gasteiger partial charge in [0, 0.05) is 30.3 Å². The summed E-state index contributed by atoms with van der Waals surface area (Å²) in [6.45, 7) is 3.47. The third-order valence-electron chi connectivity index (χ3n) is 6.18. The molecular weight excluding hydrogens is 390 g/mol. The van der Waals surface area contributed by atoms with Gasteiger partial charge in [-0.05, 0) is 56.5 Å². The molecule has 4 rings (SSSR count). The quantitative estimate of drug-likeness (QED) is 0.696. The van der Waals surface area contributed by atoms with Gasteiger partial charge in [0.15, 0.2) is 0 Å². The van der Waals surface area contributed by atoms with Crippen molar-refractivity contribution in [2.75, 3.05) is 23.7 Å². The van der Waals surface area contributed by atoms with E-state index in [1.54, 1.807) is 30.1 Å². The molecule has 29 heavy (non-hydrogen) atoms. The molecule has 7 nitrogen and oxygen atoms in total. The van der Waals surface area contributed by atoms with Gasteiger partial charge >= 0.3 is 0 Å². The number of hydrogen-bond acceptors (Lipinski definition) is 4. The van der Waals surface area contributed by atoms with Gasteiger partial charge in [0.25, 0.3) is 0 Å². The van der Waals surface area contributed by atoms with Gasteiger partial charge in [-0.3, -0.25) is 14.3 Å². The van der Waals surface area contributed by atoms with Crippen molar-refractivity contribution in [3.05, 3.63) is 42.7 Å². The van der Waals surface area contributed by atoms with Gasteiger partial charge in [0.2, 0.25) is 11.8 Å². The summed E-state index contributed by atoms with van der Waals surface area (Å²) in [6, 6.07) is 8.70. The van der Waals surface area contributed by atoms with E-state index in [-0.39, 0.29) is 29.6 Å². The fraction of sp³-hybridized carbons (Fsp3) is 0.476. The number of carbonyl (C=O) groups excluding carboxylic acids is 2. The Bertz CT molecular complexity index is 857. The van der Waals surface area contributed by atoms with Crippen LogP contribution < -0.4 is 16.0 Å². The SMILES string of the molecule is CC(C(=O)Nc1cccc(NC(=O)[C@@]23CCCC[C@H]2CNC3)c1)n1cccn1.Cl. The number of carbonyl (C=O) groups is 2. The van der Waals surface area contributed by atoms with Gasteiger partial charge in [0.1, 0.15) is 6.04 Å². The summed E-state index contributed by atoms with van der Waals surface area (Å²) in [5.74, 6) is 0.354. The number of hydrogen-bond donors (Lipinski definition) is 3. The molecule has 3 atom stereocenters. The summed E-state index contributed by atoms with van der Waals surface area (Å²) >= 11 is 0. The molecule has 1 saturated carbocycles. The zero-order valence-corrected chi connectivity index (χ0v) is 17.4. The summed E-state index contributed by atoms with van der Waals surface area (Å²) in [5, 5.41) is 13.5. The molecule has 2 aliphatic rings. The number of benzene rings is 1. The van der Waals surface area contributed by atoms with Crippen molar-refractivity contribution in [1.82, 2.24) is 15.1 Å². The average molecular weight is 418 g/mol. The number of anilines is 2. The van der Waals surface area contributed by atoms with Crippen LogP contribution in [0, 0.1) is 11.3 Å². The summed E-state index contributed by atoms with van der Waals surface area (Å²) in [7, 11) is 0. The van der Waals surface area contributed by atoms with Crippen LogP contribution in [-0.4, -0.2) is 34.7 Å². The van der Waals surface area contributed by atoms with Crippen LogP contribution in [0.15, 0.2) is 42.7 Å². The maximum Gasteiger partial charge on any atom is 0.248 e. The first-order valence-electron chi connectivity index (χ1n) is 10.0. The lowest BCUT2D eigenvalue weighted by Crippen LogP contribution is -2.44. The highest BCUT2D eigenvalue weighted by molar-refractivity contribution is 5.98. The molecule has 2 amide bonds. The lowest BCUT2D eigenvalue weighted by Gasteiger charge is -2.37. The van der Waals surface area contributed by atoms with Gasteiger partial charge in [-0.1, -0.05) is 18.9 Å². The number of nitrogens with one attached hydrogen (secondary N) is 3. The standard InChI is InChI=1S/C21H27N5O2.ClH/c1-15(26-11-5-10-23-26)19(27)24-17-7-4-8-18(12-17)25-20(28)21-9-3-2-6-16(21)13-22-14-21;/h4-5,7-8,10-12,15-16,22H,2-3,6,9,13-14H2,1H3,(H,24,27)(H,25,28);1H/t15?,16-,21+;/m0./s1. The second-order valence-electron chi connectivity index (χ2n) is 7.92. The predicted octanol–water partition coefficient (Wildman–Crippen LogP) is 3.22. The van der Waals surface area contributed by atoms with Gasteiger partial charge in [-0.15, -0.1) is 12.4 Å². The lowest BCUT2D eigenvalue weighted by molar-refractivity contribution is -0.128. The minimum atomic E-state index is -0.417. The van der Waals surface area contributed by atoms with E-state index in [1.165, 1.54) is 6.42 Å². The van der Waals surface area contributed by atoms with Gasteiger partial charge in [-0.2, -0.15) is 5.10 Å². The molecule has 1 aliphatic carbocycles. The van der Waals surface area contributed by atoms with Gasteiger partial charge in [-0.25, -0.2) is 0 Å². The molecule has 0 radical (unpaired) electrons. The zero-order chi connectivity index (χ0) is 19.6. The van der Waals surface area contributed by atoms with E-state index in [1.807, 2.05) is 24.3 Å². The summed E-state index contributed by atoms with van der Waals surface area (Å²) in [4.78, 5) is 25.6. The molecule has 1 aromatic carbocycles. The molecule has 1 aliphatic heterocycles. The van der Waals surface area contributed by atoms with Crippen LogP contribution >= 0.6 is 12.4 Å². The van der Waals surface area contributed by atoms with Crippen LogP contribution in [0.2, 0.25) is 0 Å². The molecule has 2 fully saturated rings. The molecular formula is C21H28ClN5O2. The van der Waals surface area contributed by atoms with E-state index in [4.69, 9.17) is 0 Å². The largest absolute Gasteiger partial charge is 0.325 e. The Morgan fingerprint density at radius 3 is 2.79 bits per heavy atom. The molecule has 2 heterocycles. The number of aromatic nitrogens is 2. The number of rotatable bonds is 5. The second-order valence-corrected chi connectivity index (χ2v) is 7.92. The molecule has 156 valence electrons. The van der Waals surface area contributed by atoms with E-state index >= 15 is 0 Å². The third kappa shape index (κ3) is 4.31. The topological polar surface area (TPSA) is 88.0 Å². The summed E-state index contributed by atoms with van der Waals surface area (Å²) < 4.78 is 1.61. The van der Waals surface area contributed by atoms with E-state index in [2.05, 4.69) is 21.0 Å². The normalized spacial score (nSPS) is 24.1. The first-order chi connectivity index (χ1) is 13.6.